The standard InChI is InChI=1S/C28H43N3O5S2/c1-3-4-6-11-26(32)23-12-14-24(15-13-23)29-31(38(2,34)35)20-9-10-25-16-17-27(37-25)28(33)36-22-21-30-18-7-5-8-19-30/h12-17,26,29,32H,3-11,18-22H2,1-2H3. The number of aliphatic hydroxyl groups is 1. The molecule has 0 aliphatic carbocycles. The van der Waals surface area contributed by atoms with E-state index in [2.05, 4.69) is 17.2 Å². The maximum atomic E-state index is 12.4. The number of carbonyl (C=O) groups excluding carboxylic acids is 1. The van der Waals surface area contributed by atoms with E-state index in [4.69, 9.17) is 4.74 Å². The van der Waals surface area contributed by atoms with Gasteiger partial charge in [-0.05, 0) is 75.0 Å². The number of hydrogen-bond acceptors (Lipinski definition) is 8. The maximum Gasteiger partial charge on any atom is 0.348 e. The second-order valence-electron chi connectivity index (χ2n) is 9.99. The molecule has 2 heterocycles. The van der Waals surface area contributed by atoms with Gasteiger partial charge in [0.25, 0.3) is 0 Å². The first-order valence-corrected chi connectivity index (χ1v) is 16.4. The number of aryl methyl sites for hydroxylation is 1. The summed E-state index contributed by atoms with van der Waals surface area (Å²) in [6.45, 7) is 5.75. The summed E-state index contributed by atoms with van der Waals surface area (Å²) >= 11 is 1.40. The van der Waals surface area contributed by atoms with Gasteiger partial charge in [0.05, 0.1) is 18.0 Å². The van der Waals surface area contributed by atoms with E-state index in [9.17, 15) is 18.3 Å². The molecule has 0 spiro atoms. The molecular weight excluding hydrogens is 522 g/mol. The largest absolute Gasteiger partial charge is 0.460 e. The quantitative estimate of drug-likeness (QED) is 0.163. The van der Waals surface area contributed by atoms with Crippen LogP contribution < -0.4 is 5.43 Å². The molecular formula is C28H43N3O5S2. The van der Waals surface area contributed by atoms with Crippen LogP contribution in [0.15, 0.2) is 36.4 Å². The zero-order chi connectivity index (χ0) is 27.4. The van der Waals surface area contributed by atoms with Crippen molar-refractivity contribution in [2.24, 2.45) is 0 Å². The van der Waals surface area contributed by atoms with Crippen LogP contribution in [0, 0.1) is 0 Å². The molecule has 8 nitrogen and oxygen atoms in total. The summed E-state index contributed by atoms with van der Waals surface area (Å²) in [6, 6.07) is 10.9. The molecule has 2 N–H and O–H groups in total. The number of ether oxygens (including phenoxy) is 1. The lowest BCUT2D eigenvalue weighted by atomic mass is 10.0. The van der Waals surface area contributed by atoms with E-state index in [1.807, 2.05) is 18.2 Å². The van der Waals surface area contributed by atoms with Crippen LogP contribution in [-0.4, -0.2) is 67.8 Å². The number of benzene rings is 1. The van der Waals surface area contributed by atoms with Crippen molar-refractivity contribution in [2.45, 2.75) is 70.8 Å². The number of carbonyl (C=O) groups is 1. The van der Waals surface area contributed by atoms with Crippen molar-refractivity contribution in [1.82, 2.24) is 9.31 Å². The molecule has 0 bridgehead atoms. The van der Waals surface area contributed by atoms with Crippen molar-refractivity contribution in [3.05, 3.63) is 51.7 Å². The van der Waals surface area contributed by atoms with Gasteiger partial charge in [-0.25, -0.2) is 13.2 Å². The number of sulfonamides is 1. The summed E-state index contributed by atoms with van der Waals surface area (Å²) < 4.78 is 31.4. The first kappa shape index (κ1) is 30.6. The molecule has 38 heavy (non-hydrogen) atoms. The molecule has 1 aromatic heterocycles. The summed E-state index contributed by atoms with van der Waals surface area (Å²) in [7, 11) is -3.49. The average Bonchev–Trinajstić information content (AvgIpc) is 3.38. The van der Waals surface area contributed by atoms with Gasteiger partial charge < -0.3 is 15.3 Å². The van der Waals surface area contributed by atoms with Gasteiger partial charge in [0.2, 0.25) is 10.0 Å². The van der Waals surface area contributed by atoms with Crippen molar-refractivity contribution < 1.29 is 23.1 Å². The lowest BCUT2D eigenvalue weighted by Crippen LogP contribution is -2.36. The number of likely N-dealkylation sites (tertiary alicyclic amines) is 1. The molecule has 0 amide bonds. The van der Waals surface area contributed by atoms with Gasteiger partial charge in [0.1, 0.15) is 11.5 Å². The Kier molecular flexibility index (Phi) is 12.5. The number of rotatable bonds is 16. The van der Waals surface area contributed by atoms with Crippen LogP contribution in [0.4, 0.5) is 5.69 Å². The Labute approximate surface area is 232 Å². The number of hydrogen-bond donors (Lipinski definition) is 2. The fourth-order valence-electron chi connectivity index (χ4n) is 4.52. The van der Waals surface area contributed by atoms with Gasteiger partial charge in [0, 0.05) is 18.0 Å². The first-order valence-electron chi connectivity index (χ1n) is 13.8. The number of thiophene rings is 1. The van der Waals surface area contributed by atoms with Crippen LogP contribution in [0.5, 0.6) is 0 Å². The van der Waals surface area contributed by atoms with Gasteiger partial charge >= 0.3 is 5.97 Å². The molecule has 0 saturated carbocycles. The Morgan fingerprint density at radius 3 is 2.53 bits per heavy atom. The highest BCUT2D eigenvalue weighted by atomic mass is 32.2. The van der Waals surface area contributed by atoms with Crippen LogP contribution in [0.25, 0.3) is 0 Å². The number of nitrogens with zero attached hydrogens (tertiary/aromatic N) is 2. The minimum atomic E-state index is -3.49. The SMILES string of the molecule is CCCCCC(O)c1ccc(NN(CCCc2ccc(C(=O)OCCN3CCCCC3)s2)S(C)(=O)=O)cc1. The zero-order valence-corrected chi connectivity index (χ0v) is 24.4. The Balaban J connectivity index is 1.44. The highest BCUT2D eigenvalue weighted by Gasteiger charge is 2.18. The van der Waals surface area contributed by atoms with Crippen molar-refractivity contribution in [2.75, 3.05) is 44.5 Å². The summed E-state index contributed by atoms with van der Waals surface area (Å²) in [5, 5.41) is 10.3. The minimum absolute atomic E-state index is 0.285. The normalized spacial score (nSPS) is 15.5. The Morgan fingerprint density at radius 2 is 1.84 bits per heavy atom. The van der Waals surface area contributed by atoms with Gasteiger partial charge in [-0.1, -0.05) is 44.7 Å². The average molecular weight is 566 g/mol. The number of piperidine rings is 1. The van der Waals surface area contributed by atoms with Gasteiger partial charge in [0.15, 0.2) is 0 Å². The molecule has 2 aromatic rings. The zero-order valence-electron chi connectivity index (χ0n) is 22.7. The predicted octanol–water partition coefficient (Wildman–Crippen LogP) is 5.23. The third-order valence-electron chi connectivity index (χ3n) is 6.77. The number of aliphatic hydroxyl groups excluding tert-OH is 1. The molecule has 0 radical (unpaired) electrons. The van der Waals surface area contributed by atoms with E-state index in [-0.39, 0.29) is 12.5 Å². The predicted molar refractivity (Wildman–Crippen MR) is 154 cm³/mol. The lowest BCUT2D eigenvalue weighted by molar-refractivity contribution is 0.0457. The number of unbranched alkanes of at least 4 members (excludes halogenated alkanes) is 2. The molecule has 1 fully saturated rings. The van der Waals surface area contributed by atoms with E-state index in [1.165, 1.54) is 41.3 Å². The number of esters is 1. The smallest absolute Gasteiger partial charge is 0.348 e. The highest BCUT2D eigenvalue weighted by Crippen LogP contribution is 2.23. The number of anilines is 1. The molecule has 1 saturated heterocycles. The summed E-state index contributed by atoms with van der Waals surface area (Å²) in [6.07, 6.45) is 9.52. The molecule has 1 aliphatic rings. The van der Waals surface area contributed by atoms with Crippen molar-refractivity contribution >= 4 is 33.0 Å². The minimum Gasteiger partial charge on any atom is -0.460 e. The number of nitrogens with one attached hydrogen (secondary N) is 1. The fourth-order valence-corrected chi connectivity index (χ4v) is 6.20. The summed E-state index contributed by atoms with van der Waals surface area (Å²) in [5.41, 5.74) is 4.46. The van der Waals surface area contributed by atoms with Crippen molar-refractivity contribution in [3.8, 4) is 0 Å². The molecule has 3 rings (SSSR count). The fraction of sp³-hybridized carbons (Fsp3) is 0.607. The van der Waals surface area contributed by atoms with Gasteiger partial charge in [-0.3, -0.25) is 4.90 Å². The molecule has 212 valence electrons. The Bertz CT molecular complexity index is 1080. The third kappa shape index (κ3) is 10.3. The summed E-state index contributed by atoms with van der Waals surface area (Å²) in [4.78, 5) is 16.3. The molecule has 1 unspecified atom stereocenters. The summed E-state index contributed by atoms with van der Waals surface area (Å²) in [5.74, 6) is -0.295. The van der Waals surface area contributed by atoms with E-state index < -0.39 is 16.1 Å². The third-order valence-corrected chi connectivity index (χ3v) is 8.97. The topological polar surface area (TPSA) is 99.2 Å². The van der Waals surface area contributed by atoms with Crippen LogP contribution in [-0.2, 0) is 21.2 Å². The first-order chi connectivity index (χ1) is 18.3. The van der Waals surface area contributed by atoms with E-state index in [1.54, 1.807) is 18.2 Å². The van der Waals surface area contributed by atoms with E-state index >= 15 is 0 Å². The van der Waals surface area contributed by atoms with Crippen LogP contribution in [0.2, 0.25) is 0 Å². The number of hydrazine groups is 1. The Morgan fingerprint density at radius 1 is 1.11 bits per heavy atom. The van der Waals surface area contributed by atoms with Crippen molar-refractivity contribution in [3.63, 3.8) is 0 Å². The second kappa shape index (κ2) is 15.6. The molecule has 1 aliphatic heterocycles. The highest BCUT2D eigenvalue weighted by molar-refractivity contribution is 7.88. The molecule has 1 aromatic carbocycles. The lowest BCUT2D eigenvalue weighted by Gasteiger charge is -2.25. The van der Waals surface area contributed by atoms with E-state index in [0.717, 1.165) is 55.8 Å². The molecule has 10 heteroatoms. The van der Waals surface area contributed by atoms with Crippen LogP contribution >= 0.6 is 11.3 Å². The maximum absolute atomic E-state index is 12.4. The van der Waals surface area contributed by atoms with Gasteiger partial charge in [-0.2, -0.15) is 0 Å². The second-order valence-corrected chi connectivity index (χ2v) is 13.1. The molecule has 1 atom stereocenters. The van der Waals surface area contributed by atoms with Gasteiger partial charge in [-0.15, -0.1) is 15.8 Å². The van der Waals surface area contributed by atoms with E-state index in [0.29, 0.717) is 30.0 Å². The van der Waals surface area contributed by atoms with Crippen LogP contribution in [0.3, 0.4) is 0 Å². The van der Waals surface area contributed by atoms with Crippen LogP contribution in [0.1, 0.15) is 84.5 Å². The van der Waals surface area contributed by atoms with Crippen molar-refractivity contribution in [1.29, 1.82) is 0 Å². The Hall–Kier alpha value is -1.98. The monoisotopic (exact) mass is 565 g/mol.